The van der Waals surface area contributed by atoms with Gasteiger partial charge in [0.2, 0.25) is 0 Å². The maximum atomic E-state index is 6.05. The Morgan fingerprint density at radius 2 is 1.69 bits per heavy atom. The first kappa shape index (κ1) is 19.4. The van der Waals surface area contributed by atoms with Crippen molar-refractivity contribution in [3.8, 4) is 0 Å². The highest BCUT2D eigenvalue weighted by atomic mass is 32.2. The van der Waals surface area contributed by atoms with Crippen LogP contribution in [0.5, 0.6) is 0 Å². The summed E-state index contributed by atoms with van der Waals surface area (Å²) in [6.45, 7) is 12.9. The van der Waals surface area contributed by atoms with Gasteiger partial charge in [-0.25, -0.2) is 0 Å². The van der Waals surface area contributed by atoms with Crippen LogP contribution in [0.2, 0.25) is 0 Å². The molecule has 140 valence electrons. The van der Waals surface area contributed by atoms with Crippen LogP contribution in [-0.4, -0.2) is 42.0 Å². The van der Waals surface area contributed by atoms with E-state index in [4.69, 9.17) is 5.73 Å². The lowest BCUT2D eigenvalue weighted by atomic mass is 10.1. The van der Waals surface area contributed by atoms with E-state index in [-0.39, 0.29) is 0 Å². The Kier molecular flexibility index (Phi) is 6.76. The summed E-state index contributed by atoms with van der Waals surface area (Å²) in [5, 5.41) is 0. The van der Waals surface area contributed by atoms with Crippen molar-refractivity contribution in [2.24, 2.45) is 5.73 Å². The first-order valence-electron chi connectivity index (χ1n) is 9.58. The Balaban J connectivity index is 1.64. The molecule has 4 heteroatoms. The van der Waals surface area contributed by atoms with Gasteiger partial charge in [0.05, 0.1) is 0 Å². The van der Waals surface area contributed by atoms with E-state index in [1.807, 2.05) is 0 Å². The normalized spacial score (nSPS) is 16.3. The third-order valence-electron chi connectivity index (χ3n) is 5.14. The molecule has 26 heavy (non-hydrogen) atoms. The lowest BCUT2D eigenvalue weighted by molar-refractivity contribution is 0.104. The highest BCUT2D eigenvalue weighted by Gasteiger charge is 2.19. The average Bonchev–Trinajstić information content (AvgIpc) is 2.65. The molecule has 2 aromatic carbocycles. The lowest BCUT2D eigenvalue weighted by Crippen LogP contribution is -2.48. The van der Waals surface area contributed by atoms with Crippen LogP contribution in [0.1, 0.15) is 30.5 Å². The van der Waals surface area contributed by atoms with Gasteiger partial charge in [-0.3, -0.25) is 9.80 Å². The highest BCUT2D eigenvalue weighted by Crippen LogP contribution is 2.31. The summed E-state index contributed by atoms with van der Waals surface area (Å²) in [5.41, 5.74) is 9.96. The Morgan fingerprint density at radius 1 is 1.00 bits per heavy atom. The number of piperazine rings is 1. The first-order chi connectivity index (χ1) is 12.5. The molecule has 3 nitrogen and oxygen atoms in total. The van der Waals surface area contributed by atoms with Gasteiger partial charge in [-0.2, -0.15) is 0 Å². The van der Waals surface area contributed by atoms with Crippen LogP contribution in [0.15, 0.2) is 52.3 Å². The van der Waals surface area contributed by atoms with Gasteiger partial charge in [-0.15, -0.1) is 0 Å². The molecule has 0 radical (unpaired) electrons. The summed E-state index contributed by atoms with van der Waals surface area (Å²) in [4.78, 5) is 7.65. The van der Waals surface area contributed by atoms with Gasteiger partial charge >= 0.3 is 0 Å². The number of nitrogens with two attached hydrogens (primary N) is 1. The van der Waals surface area contributed by atoms with Crippen LogP contribution in [0.3, 0.4) is 0 Å². The molecule has 0 bridgehead atoms. The van der Waals surface area contributed by atoms with Crippen molar-refractivity contribution in [3.05, 3.63) is 59.2 Å². The van der Waals surface area contributed by atoms with Crippen LogP contribution >= 0.6 is 11.8 Å². The van der Waals surface area contributed by atoms with E-state index in [2.05, 4.69) is 73.0 Å². The molecule has 1 aliphatic heterocycles. The summed E-state index contributed by atoms with van der Waals surface area (Å²) in [6, 6.07) is 16.2. The smallest absolute Gasteiger partial charge is 0.0234 e. The SMILES string of the molecule is Cc1ccc(Sc2ccc(CN3CCN(C(C)C)CC3)cc2CN)cc1. The zero-order chi connectivity index (χ0) is 18.5. The Labute approximate surface area is 162 Å². The van der Waals surface area contributed by atoms with Crippen LogP contribution < -0.4 is 5.73 Å². The van der Waals surface area contributed by atoms with Gasteiger partial charge in [0.25, 0.3) is 0 Å². The average molecular weight is 370 g/mol. The molecule has 1 aliphatic rings. The summed E-state index contributed by atoms with van der Waals surface area (Å²) < 4.78 is 0. The third-order valence-corrected chi connectivity index (χ3v) is 6.26. The molecular formula is C22H31N3S. The maximum absolute atomic E-state index is 6.05. The Bertz CT molecular complexity index is 704. The van der Waals surface area contributed by atoms with Crippen molar-refractivity contribution in [1.82, 2.24) is 9.80 Å². The van der Waals surface area contributed by atoms with Gasteiger partial charge in [0.1, 0.15) is 0 Å². The molecule has 0 unspecified atom stereocenters. The minimum atomic E-state index is 0.586. The standard InChI is InChI=1S/C22H31N3S/c1-17(2)25-12-10-24(11-13-25)16-19-6-9-22(20(14-19)15-23)26-21-7-4-18(3)5-8-21/h4-9,14,17H,10-13,15-16,23H2,1-3H3. The van der Waals surface area contributed by atoms with Crippen molar-refractivity contribution in [1.29, 1.82) is 0 Å². The van der Waals surface area contributed by atoms with Gasteiger partial charge in [-0.1, -0.05) is 41.6 Å². The second-order valence-corrected chi connectivity index (χ2v) is 8.58. The Hall–Kier alpha value is -1.33. The van der Waals surface area contributed by atoms with E-state index in [0.29, 0.717) is 12.6 Å². The van der Waals surface area contributed by atoms with Crippen LogP contribution in [-0.2, 0) is 13.1 Å². The van der Waals surface area contributed by atoms with Gasteiger partial charge in [-0.05, 0) is 50.1 Å². The molecule has 3 rings (SSSR count). The van der Waals surface area contributed by atoms with Crippen LogP contribution in [0.4, 0.5) is 0 Å². The first-order valence-corrected chi connectivity index (χ1v) is 10.4. The molecule has 0 aromatic heterocycles. The molecule has 1 fully saturated rings. The maximum Gasteiger partial charge on any atom is 0.0234 e. The van der Waals surface area contributed by atoms with E-state index in [9.17, 15) is 0 Å². The monoisotopic (exact) mass is 369 g/mol. The topological polar surface area (TPSA) is 32.5 Å². The predicted octanol–water partition coefficient (Wildman–Crippen LogP) is 4.13. The van der Waals surface area contributed by atoms with Gasteiger partial charge in [0, 0.05) is 55.1 Å². The largest absolute Gasteiger partial charge is 0.326 e. The Morgan fingerprint density at radius 3 is 2.31 bits per heavy atom. The molecule has 0 aliphatic carbocycles. The van der Waals surface area contributed by atoms with Crippen molar-refractivity contribution in [2.75, 3.05) is 26.2 Å². The van der Waals surface area contributed by atoms with E-state index >= 15 is 0 Å². The zero-order valence-electron chi connectivity index (χ0n) is 16.2. The predicted molar refractivity (Wildman–Crippen MR) is 112 cm³/mol. The highest BCUT2D eigenvalue weighted by molar-refractivity contribution is 7.99. The van der Waals surface area contributed by atoms with E-state index in [1.165, 1.54) is 39.6 Å². The molecule has 0 saturated carbocycles. The van der Waals surface area contributed by atoms with Gasteiger partial charge in [0.15, 0.2) is 0 Å². The number of hydrogen-bond donors (Lipinski definition) is 1. The van der Waals surface area contributed by atoms with E-state index in [1.54, 1.807) is 11.8 Å². The fourth-order valence-corrected chi connectivity index (χ4v) is 4.36. The fraction of sp³-hybridized carbons (Fsp3) is 0.455. The molecule has 1 heterocycles. The minimum Gasteiger partial charge on any atom is -0.326 e. The van der Waals surface area contributed by atoms with Crippen molar-refractivity contribution in [3.63, 3.8) is 0 Å². The van der Waals surface area contributed by atoms with Crippen molar-refractivity contribution in [2.45, 2.75) is 49.7 Å². The minimum absolute atomic E-state index is 0.586. The van der Waals surface area contributed by atoms with Crippen molar-refractivity contribution < 1.29 is 0 Å². The molecule has 1 saturated heterocycles. The number of aryl methyl sites for hydroxylation is 1. The lowest BCUT2D eigenvalue weighted by Gasteiger charge is -2.37. The zero-order valence-corrected chi connectivity index (χ0v) is 17.1. The molecule has 2 aromatic rings. The van der Waals surface area contributed by atoms with Gasteiger partial charge < -0.3 is 5.73 Å². The molecule has 2 N–H and O–H groups in total. The van der Waals surface area contributed by atoms with Crippen molar-refractivity contribution >= 4 is 11.8 Å². The number of rotatable bonds is 6. The molecule has 0 amide bonds. The summed E-state index contributed by atoms with van der Waals surface area (Å²) in [7, 11) is 0. The molecular weight excluding hydrogens is 338 g/mol. The summed E-state index contributed by atoms with van der Waals surface area (Å²) in [6.07, 6.45) is 0. The summed E-state index contributed by atoms with van der Waals surface area (Å²) >= 11 is 1.81. The third kappa shape index (κ3) is 5.10. The van der Waals surface area contributed by atoms with Crippen LogP contribution in [0.25, 0.3) is 0 Å². The van der Waals surface area contributed by atoms with E-state index in [0.717, 1.165) is 19.6 Å². The molecule has 0 spiro atoms. The number of hydrogen-bond acceptors (Lipinski definition) is 4. The fourth-order valence-electron chi connectivity index (χ4n) is 3.42. The summed E-state index contributed by atoms with van der Waals surface area (Å²) in [5.74, 6) is 0. The number of benzene rings is 2. The quantitative estimate of drug-likeness (QED) is 0.830. The second-order valence-electron chi connectivity index (χ2n) is 7.47. The van der Waals surface area contributed by atoms with E-state index < -0.39 is 0 Å². The number of nitrogens with zero attached hydrogens (tertiary/aromatic N) is 2. The van der Waals surface area contributed by atoms with Crippen LogP contribution in [0, 0.1) is 6.92 Å². The molecule has 0 atom stereocenters. The second kappa shape index (κ2) is 9.05.